The van der Waals surface area contributed by atoms with E-state index in [-0.39, 0.29) is 17.8 Å². The summed E-state index contributed by atoms with van der Waals surface area (Å²) in [6, 6.07) is 14.5. The summed E-state index contributed by atoms with van der Waals surface area (Å²) >= 11 is 1.60. The zero-order valence-electron chi connectivity index (χ0n) is 22.7. The summed E-state index contributed by atoms with van der Waals surface area (Å²) < 4.78 is 11.8. The molecule has 8 nitrogen and oxygen atoms in total. The molecule has 3 atom stereocenters. The molecule has 1 aliphatic carbocycles. The fourth-order valence-electron chi connectivity index (χ4n) is 6.41. The van der Waals surface area contributed by atoms with Crippen LogP contribution in [-0.4, -0.2) is 60.4 Å². The van der Waals surface area contributed by atoms with E-state index < -0.39 is 5.97 Å². The third kappa shape index (κ3) is 5.57. The highest BCUT2D eigenvalue weighted by Gasteiger charge is 2.46. The minimum absolute atomic E-state index is 0.191. The number of hydrogen-bond acceptors (Lipinski definition) is 8. The van der Waals surface area contributed by atoms with Crippen molar-refractivity contribution in [2.45, 2.75) is 32.9 Å². The molecule has 0 radical (unpaired) electrons. The lowest BCUT2D eigenvalue weighted by Gasteiger charge is -2.35. The van der Waals surface area contributed by atoms with E-state index in [0.29, 0.717) is 12.2 Å². The van der Waals surface area contributed by atoms with Crippen molar-refractivity contribution in [2.24, 2.45) is 17.8 Å². The zero-order chi connectivity index (χ0) is 27.6. The summed E-state index contributed by atoms with van der Waals surface area (Å²) in [7, 11) is 0. The molecule has 2 aliphatic heterocycles. The molecule has 1 unspecified atom stereocenters. The van der Waals surface area contributed by atoms with Crippen molar-refractivity contribution in [2.75, 3.05) is 44.3 Å². The lowest BCUT2D eigenvalue weighted by atomic mass is 9.85. The van der Waals surface area contributed by atoms with E-state index in [4.69, 9.17) is 14.5 Å². The first-order valence-electron chi connectivity index (χ1n) is 14.0. The van der Waals surface area contributed by atoms with Crippen molar-refractivity contribution in [1.82, 2.24) is 9.88 Å². The lowest BCUT2D eigenvalue weighted by Crippen LogP contribution is -2.44. The van der Waals surface area contributed by atoms with Crippen molar-refractivity contribution in [1.29, 1.82) is 5.26 Å². The Hall–Kier alpha value is -3.45. The molecule has 6 rings (SSSR count). The highest BCUT2D eigenvalue weighted by molar-refractivity contribution is 7.14. The maximum absolute atomic E-state index is 11.7. The number of ether oxygens (including phenoxy) is 2. The first-order valence-corrected chi connectivity index (χ1v) is 14.9. The van der Waals surface area contributed by atoms with Gasteiger partial charge in [0, 0.05) is 49.2 Å². The largest absolute Gasteiger partial charge is 0.488 e. The van der Waals surface area contributed by atoms with Gasteiger partial charge in [0.1, 0.15) is 12.4 Å². The van der Waals surface area contributed by atoms with E-state index in [1.165, 1.54) is 0 Å². The highest BCUT2D eigenvalue weighted by Crippen LogP contribution is 2.44. The van der Waals surface area contributed by atoms with Crippen LogP contribution in [0.4, 0.5) is 5.13 Å². The number of rotatable bonds is 8. The number of carboxylic acid groups (broad SMARTS) is 1. The third-order valence-electron chi connectivity index (χ3n) is 8.48. The molecule has 0 amide bonds. The molecular weight excluding hydrogens is 524 g/mol. The van der Waals surface area contributed by atoms with Gasteiger partial charge in [0.15, 0.2) is 5.13 Å². The van der Waals surface area contributed by atoms with Crippen LogP contribution in [0.3, 0.4) is 0 Å². The third-order valence-corrected chi connectivity index (χ3v) is 9.38. The summed E-state index contributed by atoms with van der Waals surface area (Å²) in [6.07, 6.45) is 1.95. The van der Waals surface area contributed by atoms with Crippen LogP contribution in [0.25, 0.3) is 11.3 Å². The zero-order valence-corrected chi connectivity index (χ0v) is 23.5. The number of nitriles is 1. The van der Waals surface area contributed by atoms with E-state index >= 15 is 0 Å². The Balaban J connectivity index is 1.17. The first kappa shape index (κ1) is 26.8. The second-order valence-corrected chi connectivity index (χ2v) is 12.0. The molecule has 2 aromatic carbocycles. The molecule has 1 saturated carbocycles. The molecule has 3 aromatic rings. The van der Waals surface area contributed by atoms with Crippen LogP contribution in [0.1, 0.15) is 35.1 Å². The Morgan fingerprint density at radius 2 is 1.95 bits per heavy atom. The number of nitrogens with zero attached hydrogens (tertiary/aromatic N) is 4. The van der Waals surface area contributed by atoms with Crippen molar-refractivity contribution in [3.8, 4) is 23.1 Å². The average molecular weight is 559 g/mol. The minimum atomic E-state index is -0.653. The normalized spacial score (nSPS) is 22.7. The second kappa shape index (κ2) is 11.6. The molecule has 2 bridgehead atoms. The standard InChI is InChI=1S/C31H34N4O4S/c1-20-2-7-28(39-18-24-4-3-21(13-25(24)14-32)15-34-8-10-38-11-9-34)26(12-20)27-19-40-31(33-27)35-16-22-5-6-23(17-35)29(22)30(36)37/h2-4,7,12-13,19,22-23,29H,5-6,8-11,15-18H2,1H3,(H,36,37)/t22-,23?,29+/m0/s1. The van der Waals surface area contributed by atoms with Gasteiger partial charge >= 0.3 is 5.97 Å². The molecule has 0 spiro atoms. The van der Waals surface area contributed by atoms with Gasteiger partial charge < -0.3 is 19.5 Å². The van der Waals surface area contributed by atoms with Gasteiger partial charge in [-0.25, -0.2) is 4.98 Å². The molecule has 1 N–H and O–H groups in total. The molecule has 3 fully saturated rings. The predicted octanol–water partition coefficient (Wildman–Crippen LogP) is 4.95. The van der Waals surface area contributed by atoms with Gasteiger partial charge in [-0.15, -0.1) is 11.3 Å². The number of anilines is 1. The van der Waals surface area contributed by atoms with Crippen molar-refractivity contribution < 1.29 is 19.4 Å². The SMILES string of the molecule is Cc1ccc(OCc2ccc(CN3CCOCC3)cc2C#N)c(-c2csc(N3CC4CC[C@@H](C3)[C@H]4C(=O)O)n2)c1. The van der Waals surface area contributed by atoms with Gasteiger partial charge in [-0.2, -0.15) is 5.26 Å². The van der Waals surface area contributed by atoms with Crippen LogP contribution in [0.5, 0.6) is 5.75 Å². The summed E-state index contributed by atoms with van der Waals surface area (Å²) in [5.74, 6) is 0.236. The molecular formula is C31H34N4O4S. The van der Waals surface area contributed by atoms with E-state index in [1.807, 2.05) is 24.3 Å². The maximum Gasteiger partial charge on any atom is 0.307 e. The number of morpholine rings is 1. The molecule has 9 heteroatoms. The Labute approximate surface area is 238 Å². The summed E-state index contributed by atoms with van der Waals surface area (Å²) in [4.78, 5) is 21.3. The van der Waals surface area contributed by atoms with Crippen molar-refractivity contribution >= 4 is 22.4 Å². The Bertz CT molecular complexity index is 1410. The van der Waals surface area contributed by atoms with Gasteiger partial charge in [0.25, 0.3) is 0 Å². The van der Waals surface area contributed by atoms with Crippen LogP contribution < -0.4 is 9.64 Å². The van der Waals surface area contributed by atoms with E-state index in [0.717, 1.165) is 97.6 Å². The number of aliphatic carboxylic acids is 1. The number of benzene rings is 2. The number of thiazole rings is 1. The number of aryl methyl sites for hydroxylation is 1. The fourth-order valence-corrected chi connectivity index (χ4v) is 7.26. The molecule has 1 aromatic heterocycles. The first-order chi connectivity index (χ1) is 19.5. The number of fused-ring (bicyclic) bond motifs is 2. The van der Waals surface area contributed by atoms with E-state index in [9.17, 15) is 15.2 Å². The predicted molar refractivity (Wildman–Crippen MR) is 153 cm³/mol. The fraction of sp³-hybridized carbons (Fsp3) is 0.452. The number of carboxylic acids is 1. The van der Waals surface area contributed by atoms with E-state index in [2.05, 4.69) is 40.3 Å². The monoisotopic (exact) mass is 558 g/mol. The molecule has 208 valence electrons. The molecule has 40 heavy (non-hydrogen) atoms. The van der Waals surface area contributed by atoms with Gasteiger partial charge in [-0.1, -0.05) is 23.8 Å². The van der Waals surface area contributed by atoms with Crippen LogP contribution in [0, 0.1) is 36.0 Å². The Kier molecular flexibility index (Phi) is 7.74. The minimum Gasteiger partial charge on any atom is -0.488 e. The summed E-state index contributed by atoms with van der Waals surface area (Å²) in [5.41, 5.74) is 5.50. The van der Waals surface area contributed by atoms with Crippen LogP contribution in [0.15, 0.2) is 41.8 Å². The average Bonchev–Trinajstić information content (AvgIpc) is 3.56. The summed E-state index contributed by atoms with van der Waals surface area (Å²) in [5, 5.41) is 22.5. The van der Waals surface area contributed by atoms with Gasteiger partial charge in [-0.3, -0.25) is 9.69 Å². The number of hydrogen-bond donors (Lipinski definition) is 1. The number of piperidine rings is 1. The van der Waals surface area contributed by atoms with Crippen LogP contribution >= 0.6 is 11.3 Å². The van der Waals surface area contributed by atoms with Gasteiger partial charge in [-0.05, 0) is 55.4 Å². The molecule has 2 saturated heterocycles. The van der Waals surface area contributed by atoms with Crippen molar-refractivity contribution in [3.63, 3.8) is 0 Å². The van der Waals surface area contributed by atoms with E-state index in [1.54, 1.807) is 11.3 Å². The Morgan fingerprint density at radius 3 is 2.67 bits per heavy atom. The van der Waals surface area contributed by atoms with Crippen molar-refractivity contribution in [3.05, 3.63) is 64.0 Å². The van der Waals surface area contributed by atoms with Crippen LogP contribution in [0.2, 0.25) is 0 Å². The van der Waals surface area contributed by atoms with Gasteiger partial charge in [0.2, 0.25) is 0 Å². The number of aromatic nitrogens is 1. The van der Waals surface area contributed by atoms with Crippen LogP contribution in [-0.2, 0) is 22.7 Å². The Morgan fingerprint density at radius 1 is 1.18 bits per heavy atom. The summed E-state index contributed by atoms with van der Waals surface area (Å²) in [6.45, 7) is 7.96. The molecule has 3 heterocycles. The smallest absolute Gasteiger partial charge is 0.307 e. The lowest BCUT2D eigenvalue weighted by molar-refractivity contribution is -0.144. The quantitative estimate of drug-likeness (QED) is 0.415. The number of carbonyl (C=O) groups is 1. The molecule has 3 aliphatic rings. The maximum atomic E-state index is 11.7. The van der Waals surface area contributed by atoms with Gasteiger partial charge in [0.05, 0.1) is 36.5 Å². The highest BCUT2D eigenvalue weighted by atomic mass is 32.1. The second-order valence-electron chi connectivity index (χ2n) is 11.2. The topological polar surface area (TPSA) is 98.9 Å².